The highest BCUT2D eigenvalue weighted by Crippen LogP contribution is 2.26. The molecule has 0 amide bonds. The molecule has 6 nitrogen and oxygen atoms in total. The van der Waals surface area contributed by atoms with Gasteiger partial charge < -0.3 is 19.6 Å². The lowest BCUT2D eigenvalue weighted by atomic mass is 9.93. The standard InChI is InChI=1S/C19H32N4O2/c1-22(2)18-14-20-17(13-21-18)12-16-4-3-8-23(9-5-16)15-19(24)6-10-25-11-7-19/h13-14,16,24H,3-12,15H2,1-2H3/t16-/m0/s1. The first-order chi connectivity index (χ1) is 12.0. The Morgan fingerprint density at radius 3 is 2.68 bits per heavy atom. The van der Waals surface area contributed by atoms with Crippen molar-refractivity contribution < 1.29 is 9.84 Å². The third-order valence-corrected chi connectivity index (χ3v) is 5.53. The summed E-state index contributed by atoms with van der Waals surface area (Å²) >= 11 is 0. The van der Waals surface area contributed by atoms with E-state index in [2.05, 4.69) is 14.9 Å². The summed E-state index contributed by atoms with van der Waals surface area (Å²) in [5, 5.41) is 10.7. The summed E-state index contributed by atoms with van der Waals surface area (Å²) in [6, 6.07) is 0. The number of hydrogen-bond acceptors (Lipinski definition) is 6. The number of anilines is 1. The maximum Gasteiger partial charge on any atom is 0.146 e. The van der Waals surface area contributed by atoms with Crippen molar-refractivity contribution in [3.8, 4) is 0 Å². The molecule has 140 valence electrons. The van der Waals surface area contributed by atoms with Crippen molar-refractivity contribution in [1.82, 2.24) is 14.9 Å². The number of hydrogen-bond donors (Lipinski definition) is 1. The first kappa shape index (κ1) is 18.5. The summed E-state index contributed by atoms with van der Waals surface area (Å²) < 4.78 is 5.39. The second-order valence-electron chi connectivity index (χ2n) is 7.87. The van der Waals surface area contributed by atoms with Gasteiger partial charge in [-0.2, -0.15) is 0 Å². The Morgan fingerprint density at radius 1 is 1.20 bits per heavy atom. The minimum atomic E-state index is -0.550. The van der Waals surface area contributed by atoms with Crippen LogP contribution in [0.5, 0.6) is 0 Å². The van der Waals surface area contributed by atoms with E-state index in [-0.39, 0.29) is 0 Å². The molecule has 0 saturated carbocycles. The number of ether oxygens (including phenoxy) is 1. The van der Waals surface area contributed by atoms with E-state index in [4.69, 9.17) is 4.74 Å². The van der Waals surface area contributed by atoms with E-state index in [0.29, 0.717) is 19.1 Å². The quantitative estimate of drug-likeness (QED) is 0.874. The highest BCUT2D eigenvalue weighted by molar-refractivity contribution is 5.32. The molecule has 2 saturated heterocycles. The largest absolute Gasteiger partial charge is 0.388 e. The van der Waals surface area contributed by atoms with Gasteiger partial charge in [0.15, 0.2) is 0 Å². The molecule has 2 aliphatic heterocycles. The molecule has 3 heterocycles. The summed E-state index contributed by atoms with van der Waals surface area (Å²) in [5.41, 5.74) is 0.540. The highest BCUT2D eigenvalue weighted by atomic mass is 16.5. The number of nitrogens with zero attached hydrogens (tertiary/aromatic N) is 4. The maximum absolute atomic E-state index is 10.7. The molecule has 0 aliphatic carbocycles. The van der Waals surface area contributed by atoms with Crippen LogP contribution < -0.4 is 4.90 Å². The van der Waals surface area contributed by atoms with Crippen molar-refractivity contribution in [2.45, 2.75) is 44.1 Å². The normalized spacial score (nSPS) is 24.7. The summed E-state index contributed by atoms with van der Waals surface area (Å²) in [4.78, 5) is 13.5. The fourth-order valence-electron chi connectivity index (χ4n) is 3.89. The van der Waals surface area contributed by atoms with Gasteiger partial charge in [-0.25, -0.2) is 4.98 Å². The second kappa shape index (κ2) is 8.43. The van der Waals surface area contributed by atoms with Crippen molar-refractivity contribution >= 4 is 5.82 Å². The maximum atomic E-state index is 10.7. The van der Waals surface area contributed by atoms with Gasteiger partial charge in [0.1, 0.15) is 5.82 Å². The van der Waals surface area contributed by atoms with E-state index < -0.39 is 5.60 Å². The van der Waals surface area contributed by atoms with E-state index >= 15 is 0 Å². The summed E-state index contributed by atoms with van der Waals surface area (Å²) in [6.45, 7) is 4.32. The van der Waals surface area contributed by atoms with Crippen LogP contribution in [-0.2, 0) is 11.2 Å². The summed E-state index contributed by atoms with van der Waals surface area (Å²) in [7, 11) is 3.96. The predicted molar refractivity (Wildman–Crippen MR) is 98.8 cm³/mol. The molecule has 2 fully saturated rings. The molecule has 0 radical (unpaired) electrons. The Balaban J connectivity index is 1.49. The minimum absolute atomic E-state index is 0.550. The molecule has 6 heteroatoms. The lowest BCUT2D eigenvalue weighted by Gasteiger charge is -2.36. The van der Waals surface area contributed by atoms with Gasteiger partial charge in [-0.15, -0.1) is 0 Å². The van der Waals surface area contributed by atoms with Crippen LogP contribution in [0.3, 0.4) is 0 Å². The van der Waals surface area contributed by atoms with Crippen molar-refractivity contribution in [2.75, 3.05) is 51.8 Å². The van der Waals surface area contributed by atoms with Crippen molar-refractivity contribution in [3.63, 3.8) is 0 Å². The zero-order valence-corrected chi connectivity index (χ0v) is 15.7. The van der Waals surface area contributed by atoms with Gasteiger partial charge in [0.05, 0.1) is 23.7 Å². The molecule has 25 heavy (non-hydrogen) atoms. The van der Waals surface area contributed by atoms with E-state index in [1.165, 1.54) is 19.3 Å². The average molecular weight is 348 g/mol. The van der Waals surface area contributed by atoms with E-state index in [9.17, 15) is 5.11 Å². The van der Waals surface area contributed by atoms with Crippen LogP contribution >= 0.6 is 0 Å². The number of rotatable bonds is 5. The minimum Gasteiger partial charge on any atom is -0.388 e. The Morgan fingerprint density at radius 2 is 2.00 bits per heavy atom. The molecule has 1 aromatic heterocycles. The first-order valence-electron chi connectivity index (χ1n) is 9.55. The van der Waals surface area contributed by atoms with Crippen molar-refractivity contribution in [1.29, 1.82) is 0 Å². The molecule has 2 aliphatic rings. The van der Waals surface area contributed by atoms with Crippen molar-refractivity contribution in [3.05, 3.63) is 18.1 Å². The Labute approximate surface area is 151 Å². The molecule has 0 spiro atoms. The third-order valence-electron chi connectivity index (χ3n) is 5.53. The van der Waals surface area contributed by atoms with Crippen LogP contribution in [0.1, 0.15) is 37.8 Å². The molecule has 0 aromatic carbocycles. The molecule has 1 aromatic rings. The van der Waals surface area contributed by atoms with Gasteiger partial charge in [0.25, 0.3) is 0 Å². The van der Waals surface area contributed by atoms with Gasteiger partial charge in [-0.1, -0.05) is 0 Å². The Bertz CT molecular complexity index is 529. The van der Waals surface area contributed by atoms with Crippen LogP contribution in [0.15, 0.2) is 12.4 Å². The monoisotopic (exact) mass is 348 g/mol. The van der Waals surface area contributed by atoms with E-state index in [1.54, 1.807) is 0 Å². The highest BCUT2D eigenvalue weighted by Gasteiger charge is 2.32. The molecule has 1 atom stereocenters. The van der Waals surface area contributed by atoms with Gasteiger partial charge in [-0.05, 0) is 44.7 Å². The number of likely N-dealkylation sites (tertiary alicyclic amines) is 1. The summed E-state index contributed by atoms with van der Waals surface area (Å²) in [5.74, 6) is 1.56. The fraction of sp³-hybridized carbons (Fsp3) is 0.789. The number of aromatic nitrogens is 2. The Hall–Kier alpha value is -1.24. The zero-order chi connectivity index (χ0) is 17.7. The van der Waals surface area contributed by atoms with Crippen LogP contribution in [0.4, 0.5) is 5.82 Å². The first-order valence-corrected chi connectivity index (χ1v) is 9.55. The molecule has 0 unspecified atom stereocenters. The van der Waals surface area contributed by atoms with E-state index in [0.717, 1.165) is 50.4 Å². The molecule has 3 rings (SSSR count). The smallest absolute Gasteiger partial charge is 0.146 e. The fourth-order valence-corrected chi connectivity index (χ4v) is 3.89. The topological polar surface area (TPSA) is 61.7 Å². The average Bonchev–Trinajstić information content (AvgIpc) is 2.81. The van der Waals surface area contributed by atoms with Crippen LogP contribution in [-0.4, -0.2) is 72.5 Å². The SMILES string of the molecule is CN(C)c1cnc(C[C@H]2CCCN(CC3(O)CCOCC3)CC2)cn1. The van der Waals surface area contributed by atoms with Gasteiger partial charge >= 0.3 is 0 Å². The number of aliphatic hydroxyl groups is 1. The lowest BCUT2D eigenvalue weighted by molar-refractivity contribution is -0.0795. The van der Waals surface area contributed by atoms with E-state index in [1.807, 2.05) is 31.4 Å². The molecular weight excluding hydrogens is 316 g/mol. The van der Waals surface area contributed by atoms with Crippen molar-refractivity contribution in [2.24, 2.45) is 5.92 Å². The second-order valence-corrected chi connectivity index (χ2v) is 7.87. The number of β-amino-alcohol motifs (C(OH)–C–C–N with tert-alkyl or cyclic N) is 1. The lowest BCUT2D eigenvalue weighted by Crippen LogP contribution is -2.47. The predicted octanol–water partition coefficient (Wildman–Crippen LogP) is 1.73. The van der Waals surface area contributed by atoms with Gasteiger partial charge in [-0.3, -0.25) is 4.98 Å². The Kier molecular flexibility index (Phi) is 6.25. The van der Waals surface area contributed by atoms with Crippen LogP contribution in [0.25, 0.3) is 0 Å². The van der Waals surface area contributed by atoms with Gasteiger partial charge in [0, 0.05) is 46.7 Å². The summed E-state index contributed by atoms with van der Waals surface area (Å²) in [6.07, 6.45) is 9.91. The molecular formula is C19H32N4O2. The van der Waals surface area contributed by atoms with Gasteiger partial charge in [0.2, 0.25) is 0 Å². The zero-order valence-electron chi connectivity index (χ0n) is 15.7. The van der Waals surface area contributed by atoms with Crippen LogP contribution in [0, 0.1) is 5.92 Å². The van der Waals surface area contributed by atoms with Crippen LogP contribution in [0.2, 0.25) is 0 Å². The third kappa shape index (κ3) is 5.36. The molecule has 1 N–H and O–H groups in total. The molecule has 0 bridgehead atoms.